The van der Waals surface area contributed by atoms with Crippen LogP contribution in [0.4, 0.5) is 0 Å². The van der Waals surface area contributed by atoms with Crippen molar-refractivity contribution < 1.29 is 4.79 Å². The van der Waals surface area contributed by atoms with Crippen LogP contribution in [0.2, 0.25) is 0 Å². The number of carbonyl (C=O) groups is 1. The van der Waals surface area contributed by atoms with Gasteiger partial charge < -0.3 is 4.90 Å². The minimum absolute atomic E-state index is 0.00859. The topological polar surface area (TPSA) is 47.3 Å². The fourth-order valence-electron chi connectivity index (χ4n) is 2.91. The van der Waals surface area contributed by atoms with Gasteiger partial charge in [-0.1, -0.05) is 0 Å². The number of rotatable bonds is 2. The van der Waals surface area contributed by atoms with Crippen molar-refractivity contribution in [1.82, 2.24) is 9.80 Å². The van der Waals surface area contributed by atoms with E-state index in [0.29, 0.717) is 12.5 Å². The van der Waals surface area contributed by atoms with Crippen molar-refractivity contribution in [2.45, 2.75) is 50.7 Å². The van der Waals surface area contributed by atoms with Gasteiger partial charge in [0.15, 0.2) is 0 Å². The molecule has 1 unspecified atom stereocenters. The standard InChI is InChI=1S/C12H19N3O/c1-12(2)8-14(3)11(16)10(6-7-13)15(12)9-4-5-9/h9-10H,4-6,8H2,1-3H3. The number of piperazine rings is 1. The molecule has 0 spiro atoms. The second-order valence-electron chi connectivity index (χ2n) is 5.52. The Morgan fingerprint density at radius 2 is 2.12 bits per heavy atom. The molecule has 4 heteroatoms. The van der Waals surface area contributed by atoms with E-state index in [1.807, 2.05) is 7.05 Å². The van der Waals surface area contributed by atoms with Gasteiger partial charge in [-0.05, 0) is 26.7 Å². The van der Waals surface area contributed by atoms with Crippen LogP contribution >= 0.6 is 0 Å². The lowest BCUT2D eigenvalue weighted by molar-refractivity contribution is -0.148. The van der Waals surface area contributed by atoms with Crippen LogP contribution in [0.5, 0.6) is 0 Å². The number of hydrogen-bond acceptors (Lipinski definition) is 3. The van der Waals surface area contributed by atoms with E-state index < -0.39 is 0 Å². The molecule has 1 saturated heterocycles. The molecule has 2 fully saturated rings. The molecule has 16 heavy (non-hydrogen) atoms. The molecule has 1 aliphatic carbocycles. The predicted molar refractivity (Wildman–Crippen MR) is 60.6 cm³/mol. The number of carbonyl (C=O) groups excluding carboxylic acids is 1. The first kappa shape index (κ1) is 11.4. The highest BCUT2D eigenvalue weighted by atomic mass is 16.2. The summed E-state index contributed by atoms with van der Waals surface area (Å²) in [6.07, 6.45) is 2.65. The van der Waals surface area contributed by atoms with Crippen LogP contribution in [0.25, 0.3) is 0 Å². The number of hydrogen-bond donors (Lipinski definition) is 0. The van der Waals surface area contributed by atoms with Crippen LogP contribution in [0.3, 0.4) is 0 Å². The fraction of sp³-hybridized carbons (Fsp3) is 0.833. The quantitative estimate of drug-likeness (QED) is 0.698. The van der Waals surface area contributed by atoms with E-state index in [4.69, 9.17) is 5.26 Å². The summed E-state index contributed by atoms with van der Waals surface area (Å²) in [7, 11) is 1.83. The van der Waals surface area contributed by atoms with Crippen molar-refractivity contribution in [2.75, 3.05) is 13.6 Å². The van der Waals surface area contributed by atoms with Gasteiger partial charge >= 0.3 is 0 Å². The van der Waals surface area contributed by atoms with Gasteiger partial charge in [-0.25, -0.2) is 0 Å². The molecule has 1 amide bonds. The summed E-state index contributed by atoms with van der Waals surface area (Å²) in [5.74, 6) is 0.104. The highest BCUT2D eigenvalue weighted by Gasteiger charge is 2.49. The first-order valence-electron chi connectivity index (χ1n) is 5.88. The largest absolute Gasteiger partial charge is 0.343 e. The second kappa shape index (κ2) is 3.74. The molecule has 88 valence electrons. The zero-order valence-corrected chi connectivity index (χ0v) is 10.2. The fourth-order valence-corrected chi connectivity index (χ4v) is 2.91. The first-order valence-corrected chi connectivity index (χ1v) is 5.88. The third kappa shape index (κ3) is 1.80. The molecule has 0 radical (unpaired) electrons. The molecule has 0 bridgehead atoms. The van der Waals surface area contributed by atoms with Gasteiger partial charge in [-0.3, -0.25) is 9.69 Å². The Labute approximate surface area is 96.8 Å². The first-order chi connectivity index (χ1) is 7.47. The molecule has 0 aromatic carbocycles. The Morgan fingerprint density at radius 3 is 2.62 bits per heavy atom. The van der Waals surface area contributed by atoms with Crippen LogP contribution < -0.4 is 0 Å². The smallest absolute Gasteiger partial charge is 0.240 e. The highest BCUT2D eigenvalue weighted by Crippen LogP contribution is 2.38. The van der Waals surface area contributed by atoms with Crippen LogP contribution in [0.1, 0.15) is 33.1 Å². The van der Waals surface area contributed by atoms with Gasteiger partial charge in [0.2, 0.25) is 5.91 Å². The van der Waals surface area contributed by atoms with Crippen LogP contribution in [0.15, 0.2) is 0 Å². The summed E-state index contributed by atoms with van der Waals surface area (Å²) in [5.41, 5.74) is -0.00859. The molecule has 4 nitrogen and oxygen atoms in total. The van der Waals surface area contributed by atoms with Crippen molar-refractivity contribution >= 4 is 5.91 Å². The van der Waals surface area contributed by atoms with E-state index in [2.05, 4.69) is 24.8 Å². The van der Waals surface area contributed by atoms with Gasteiger partial charge in [0, 0.05) is 25.2 Å². The number of nitrogens with zero attached hydrogens (tertiary/aromatic N) is 3. The minimum atomic E-state index is -0.230. The summed E-state index contributed by atoms with van der Waals surface area (Å²) < 4.78 is 0. The SMILES string of the molecule is CN1CC(C)(C)N(C2CC2)C(CC#N)C1=O. The molecule has 1 saturated carbocycles. The Kier molecular flexibility index (Phi) is 2.67. The maximum absolute atomic E-state index is 12.1. The average molecular weight is 221 g/mol. The van der Waals surface area contributed by atoms with Crippen LogP contribution in [-0.4, -0.2) is 46.9 Å². The van der Waals surface area contributed by atoms with Crippen molar-refractivity contribution in [1.29, 1.82) is 5.26 Å². The summed E-state index contributed by atoms with van der Waals surface area (Å²) in [6, 6.07) is 2.44. The number of amides is 1. The van der Waals surface area contributed by atoms with E-state index in [1.165, 1.54) is 12.8 Å². The maximum atomic E-state index is 12.1. The van der Waals surface area contributed by atoms with E-state index in [0.717, 1.165) is 6.54 Å². The van der Waals surface area contributed by atoms with E-state index in [1.54, 1.807) is 4.90 Å². The van der Waals surface area contributed by atoms with Gasteiger partial charge in [0.05, 0.1) is 12.5 Å². The molecule has 0 aromatic rings. The minimum Gasteiger partial charge on any atom is -0.343 e. The molecule has 1 atom stereocenters. The van der Waals surface area contributed by atoms with Gasteiger partial charge in [-0.15, -0.1) is 0 Å². The van der Waals surface area contributed by atoms with E-state index >= 15 is 0 Å². The summed E-state index contributed by atoms with van der Waals surface area (Å²) >= 11 is 0. The molecule has 0 aromatic heterocycles. The van der Waals surface area contributed by atoms with Crippen LogP contribution in [-0.2, 0) is 4.79 Å². The van der Waals surface area contributed by atoms with Crippen molar-refractivity contribution in [3.05, 3.63) is 0 Å². The Morgan fingerprint density at radius 1 is 1.50 bits per heavy atom. The predicted octanol–water partition coefficient (Wildman–Crippen LogP) is 0.984. The van der Waals surface area contributed by atoms with Gasteiger partial charge in [-0.2, -0.15) is 5.26 Å². The molecule has 1 aliphatic heterocycles. The van der Waals surface area contributed by atoms with Crippen molar-refractivity contribution in [2.24, 2.45) is 0 Å². The second-order valence-corrected chi connectivity index (χ2v) is 5.52. The molecule has 2 rings (SSSR count). The van der Waals surface area contributed by atoms with Crippen molar-refractivity contribution in [3.8, 4) is 6.07 Å². The molecular weight excluding hydrogens is 202 g/mol. The number of likely N-dealkylation sites (N-methyl/N-ethyl adjacent to an activating group) is 1. The lowest BCUT2D eigenvalue weighted by Crippen LogP contribution is -2.66. The molecule has 2 aliphatic rings. The third-order valence-corrected chi connectivity index (χ3v) is 3.55. The lowest BCUT2D eigenvalue weighted by atomic mass is 9.93. The highest BCUT2D eigenvalue weighted by molar-refractivity contribution is 5.83. The van der Waals surface area contributed by atoms with Crippen molar-refractivity contribution in [3.63, 3.8) is 0 Å². The monoisotopic (exact) mass is 221 g/mol. The number of nitriles is 1. The zero-order valence-electron chi connectivity index (χ0n) is 10.2. The maximum Gasteiger partial charge on any atom is 0.240 e. The molecule has 0 N–H and O–H groups in total. The van der Waals surface area contributed by atoms with Gasteiger partial charge in [0.1, 0.15) is 6.04 Å². The van der Waals surface area contributed by atoms with Crippen LogP contribution in [0, 0.1) is 11.3 Å². The molecular formula is C12H19N3O. The Balaban J connectivity index is 2.27. The summed E-state index contributed by atoms with van der Waals surface area (Å²) in [6.45, 7) is 5.08. The Bertz CT molecular complexity index is 341. The van der Waals surface area contributed by atoms with E-state index in [-0.39, 0.29) is 17.5 Å². The third-order valence-electron chi connectivity index (χ3n) is 3.55. The zero-order chi connectivity index (χ0) is 11.9. The van der Waals surface area contributed by atoms with Gasteiger partial charge in [0.25, 0.3) is 0 Å². The normalized spacial score (nSPS) is 30.2. The Hall–Kier alpha value is -1.08. The summed E-state index contributed by atoms with van der Waals surface area (Å²) in [4.78, 5) is 16.1. The van der Waals surface area contributed by atoms with E-state index in [9.17, 15) is 4.79 Å². The average Bonchev–Trinajstić information content (AvgIpc) is 2.97. The molecule has 1 heterocycles. The lowest BCUT2D eigenvalue weighted by Gasteiger charge is -2.50. The summed E-state index contributed by atoms with van der Waals surface area (Å²) in [5, 5.41) is 8.87.